The second-order valence-corrected chi connectivity index (χ2v) is 4.23. The SMILES string of the molecule is CCNc1ccc([N+](=O)[O-])c(SCCOC)n1. The Morgan fingerprint density at radius 2 is 2.35 bits per heavy atom. The quantitative estimate of drug-likeness (QED) is 0.349. The summed E-state index contributed by atoms with van der Waals surface area (Å²) >= 11 is 1.32. The van der Waals surface area contributed by atoms with Crippen LogP contribution in [0.25, 0.3) is 0 Å². The molecule has 0 saturated carbocycles. The third kappa shape index (κ3) is 4.20. The molecule has 0 fully saturated rings. The normalized spacial score (nSPS) is 10.2. The van der Waals surface area contributed by atoms with Crippen LogP contribution in [0.2, 0.25) is 0 Å². The van der Waals surface area contributed by atoms with Crippen LogP contribution < -0.4 is 5.32 Å². The van der Waals surface area contributed by atoms with Crippen LogP contribution in [0.1, 0.15) is 6.92 Å². The van der Waals surface area contributed by atoms with Crippen LogP contribution in [0.4, 0.5) is 11.5 Å². The molecule has 0 aliphatic carbocycles. The van der Waals surface area contributed by atoms with Crippen molar-refractivity contribution < 1.29 is 9.66 Å². The summed E-state index contributed by atoms with van der Waals surface area (Å²) in [5, 5.41) is 14.3. The number of hydrogen-bond donors (Lipinski definition) is 1. The van der Waals surface area contributed by atoms with Crippen molar-refractivity contribution in [1.29, 1.82) is 0 Å². The van der Waals surface area contributed by atoms with Gasteiger partial charge in [-0.1, -0.05) is 11.8 Å². The van der Waals surface area contributed by atoms with Gasteiger partial charge >= 0.3 is 5.69 Å². The van der Waals surface area contributed by atoms with Crippen LogP contribution in [-0.4, -0.2) is 35.9 Å². The highest BCUT2D eigenvalue weighted by atomic mass is 32.2. The first kappa shape index (κ1) is 13.7. The van der Waals surface area contributed by atoms with Gasteiger partial charge in [0.25, 0.3) is 0 Å². The molecule has 0 aliphatic heterocycles. The summed E-state index contributed by atoms with van der Waals surface area (Å²) in [4.78, 5) is 14.6. The maximum absolute atomic E-state index is 10.8. The molecule has 94 valence electrons. The third-order valence-corrected chi connectivity index (χ3v) is 2.87. The summed E-state index contributed by atoms with van der Waals surface area (Å²) in [6.45, 7) is 3.21. The van der Waals surface area contributed by atoms with Gasteiger partial charge in [-0.3, -0.25) is 10.1 Å². The van der Waals surface area contributed by atoms with E-state index in [1.807, 2.05) is 6.92 Å². The average molecular weight is 257 g/mol. The van der Waals surface area contributed by atoms with Gasteiger partial charge in [0.1, 0.15) is 5.82 Å². The molecular weight excluding hydrogens is 242 g/mol. The van der Waals surface area contributed by atoms with Crippen molar-refractivity contribution in [2.75, 3.05) is 31.3 Å². The zero-order valence-corrected chi connectivity index (χ0v) is 10.6. The fourth-order valence-corrected chi connectivity index (χ4v) is 2.08. The lowest BCUT2D eigenvalue weighted by Gasteiger charge is -2.05. The van der Waals surface area contributed by atoms with E-state index in [1.165, 1.54) is 17.8 Å². The molecule has 1 heterocycles. The Bertz CT molecular complexity index is 387. The molecule has 0 amide bonds. The van der Waals surface area contributed by atoms with Gasteiger partial charge in [0, 0.05) is 25.5 Å². The molecular formula is C10H15N3O3S. The Morgan fingerprint density at radius 3 is 2.94 bits per heavy atom. The fraction of sp³-hybridized carbons (Fsp3) is 0.500. The van der Waals surface area contributed by atoms with Crippen LogP contribution in [0.3, 0.4) is 0 Å². The van der Waals surface area contributed by atoms with Crippen molar-refractivity contribution in [2.24, 2.45) is 0 Å². The maximum Gasteiger partial charge on any atom is 0.301 e. The van der Waals surface area contributed by atoms with Gasteiger partial charge in [0.2, 0.25) is 0 Å². The number of nitro groups is 1. The Morgan fingerprint density at radius 1 is 1.59 bits per heavy atom. The molecule has 7 heteroatoms. The molecule has 0 aliphatic rings. The number of aromatic nitrogens is 1. The Labute approximate surface area is 104 Å². The molecule has 0 aromatic carbocycles. The molecule has 1 aromatic rings. The molecule has 17 heavy (non-hydrogen) atoms. The van der Waals surface area contributed by atoms with Crippen molar-refractivity contribution in [1.82, 2.24) is 4.98 Å². The molecule has 0 bridgehead atoms. The average Bonchev–Trinajstić information content (AvgIpc) is 2.30. The minimum Gasteiger partial charge on any atom is -0.384 e. The van der Waals surface area contributed by atoms with E-state index >= 15 is 0 Å². The summed E-state index contributed by atoms with van der Waals surface area (Å²) in [5.41, 5.74) is 0.0350. The van der Waals surface area contributed by atoms with E-state index in [4.69, 9.17) is 4.74 Å². The number of nitrogens with one attached hydrogen (secondary N) is 1. The van der Waals surface area contributed by atoms with Gasteiger partial charge in [0.05, 0.1) is 11.5 Å². The lowest BCUT2D eigenvalue weighted by Crippen LogP contribution is -2.02. The van der Waals surface area contributed by atoms with Gasteiger partial charge in [-0.05, 0) is 13.0 Å². The second kappa shape index (κ2) is 7.08. The minimum absolute atomic E-state index is 0.0350. The molecule has 0 spiro atoms. The Kier molecular flexibility index (Phi) is 5.71. The van der Waals surface area contributed by atoms with E-state index in [-0.39, 0.29) is 5.69 Å². The second-order valence-electron chi connectivity index (χ2n) is 3.15. The first-order valence-electron chi connectivity index (χ1n) is 5.20. The van der Waals surface area contributed by atoms with E-state index in [2.05, 4.69) is 10.3 Å². The van der Waals surface area contributed by atoms with Gasteiger partial charge in [-0.15, -0.1) is 0 Å². The highest BCUT2D eigenvalue weighted by molar-refractivity contribution is 7.99. The summed E-state index contributed by atoms with van der Waals surface area (Å²) in [7, 11) is 1.59. The van der Waals surface area contributed by atoms with Crippen LogP contribution >= 0.6 is 11.8 Å². The maximum atomic E-state index is 10.8. The fourth-order valence-electron chi connectivity index (χ4n) is 1.18. The highest BCUT2D eigenvalue weighted by Gasteiger charge is 2.16. The number of hydrogen-bond acceptors (Lipinski definition) is 6. The number of pyridine rings is 1. The van der Waals surface area contributed by atoms with Gasteiger partial charge in [-0.25, -0.2) is 4.98 Å². The van der Waals surface area contributed by atoms with Crippen LogP contribution in [0.15, 0.2) is 17.2 Å². The van der Waals surface area contributed by atoms with Crippen molar-refractivity contribution >= 4 is 23.3 Å². The molecule has 1 rings (SSSR count). The van der Waals surface area contributed by atoms with Crippen molar-refractivity contribution in [3.05, 3.63) is 22.2 Å². The number of methoxy groups -OCH3 is 1. The first-order chi connectivity index (χ1) is 8.19. The van der Waals surface area contributed by atoms with Gasteiger partial charge in [-0.2, -0.15) is 0 Å². The molecule has 0 saturated heterocycles. The highest BCUT2D eigenvalue weighted by Crippen LogP contribution is 2.28. The van der Waals surface area contributed by atoms with Gasteiger partial charge in [0.15, 0.2) is 5.03 Å². The first-order valence-corrected chi connectivity index (χ1v) is 6.18. The standard InChI is InChI=1S/C10H15N3O3S/c1-3-11-9-5-4-8(13(14)15)10(12-9)17-7-6-16-2/h4-5H,3,6-7H2,1-2H3,(H,11,12). The zero-order valence-electron chi connectivity index (χ0n) is 9.80. The van der Waals surface area contributed by atoms with E-state index < -0.39 is 4.92 Å². The summed E-state index contributed by atoms with van der Waals surface area (Å²) in [6.07, 6.45) is 0. The zero-order chi connectivity index (χ0) is 12.7. The van der Waals surface area contributed by atoms with Crippen LogP contribution in [0, 0.1) is 10.1 Å². The van der Waals surface area contributed by atoms with E-state index in [0.29, 0.717) is 23.2 Å². The summed E-state index contributed by atoms with van der Waals surface area (Å²) in [5.74, 6) is 1.29. The van der Waals surface area contributed by atoms with E-state index in [1.54, 1.807) is 13.2 Å². The molecule has 6 nitrogen and oxygen atoms in total. The third-order valence-electron chi connectivity index (χ3n) is 1.92. The Hall–Kier alpha value is -1.34. The monoisotopic (exact) mass is 257 g/mol. The summed E-state index contributed by atoms with van der Waals surface area (Å²) in [6, 6.07) is 3.09. The molecule has 0 atom stereocenters. The van der Waals surface area contributed by atoms with Crippen molar-refractivity contribution in [3.63, 3.8) is 0 Å². The minimum atomic E-state index is -0.419. The van der Waals surface area contributed by atoms with Crippen molar-refractivity contribution in [2.45, 2.75) is 11.9 Å². The molecule has 1 aromatic heterocycles. The lowest BCUT2D eigenvalue weighted by atomic mass is 10.4. The number of thioether (sulfide) groups is 1. The smallest absolute Gasteiger partial charge is 0.301 e. The number of anilines is 1. The number of rotatable bonds is 7. The van der Waals surface area contributed by atoms with Crippen LogP contribution in [0.5, 0.6) is 0 Å². The molecule has 0 unspecified atom stereocenters. The van der Waals surface area contributed by atoms with Crippen LogP contribution in [-0.2, 0) is 4.74 Å². The predicted octanol–water partition coefficient (Wildman–Crippen LogP) is 2.16. The topological polar surface area (TPSA) is 77.3 Å². The predicted molar refractivity (Wildman–Crippen MR) is 67.7 cm³/mol. The van der Waals surface area contributed by atoms with Crippen molar-refractivity contribution in [3.8, 4) is 0 Å². The number of nitrogens with zero attached hydrogens (tertiary/aromatic N) is 2. The largest absolute Gasteiger partial charge is 0.384 e. The van der Waals surface area contributed by atoms with E-state index in [9.17, 15) is 10.1 Å². The van der Waals surface area contributed by atoms with Gasteiger partial charge < -0.3 is 10.1 Å². The molecule has 1 N–H and O–H groups in total. The number of ether oxygens (including phenoxy) is 1. The lowest BCUT2D eigenvalue weighted by molar-refractivity contribution is -0.388. The Balaban J connectivity index is 2.86. The summed E-state index contributed by atoms with van der Waals surface area (Å²) < 4.78 is 4.91. The van der Waals surface area contributed by atoms with E-state index in [0.717, 1.165) is 6.54 Å². The molecule has 0 radical (unpaired) electrons.